The van der Waals surface area contributed by atoms with Crippen LogP contribution in [0, 0.1) is 23.3 Å². The van der Waals surface area contributed by atoms with Crippen LogP contribution in [0.15, 0.2) is 75.4 Å². The van der Waals surface area contributed by atoms with E-state index in [1.54, 1.807) is 36.4 Å². The van der Waals surface area contributed by atoms with Gasteiger partial charge in [-0.1, -0.05) is 36.4 Å². The summed E-state index contributed by atoms with van der Waals surface area (Å²) in [6, 6.07) is 15.3. The summed E-state index contributed by atoms with van der Waals surface area (Å²) in [7, 11) is -1.69. The molecule has 3 aromatic rings. The van der Waals surface area contributed by atoms with E-state index in [1.165, 1.54) is 24.3 Å². The first-order chi connectivity index (χ1) is 12.7. The van der Waals surface area contributed by atoms with Gasteiger partial charge in [-0.05, 0) is 24.3 Å². The molecule has 0 spiro atoms. The van der Waals surface area contributed by atoms with Crippen LogP contribution < -0.4 is 0 Å². The zero-order valence-corrected chi connectivity index (χ0v) is 14.1. The van der Waals surface area contributed by atoms with E-state index < -0.39 is 50.8 Å². The highest BCUT2D eigenvalue weighted by Gasteiger charge is 2.47. The van der Waals surface area contributed by atoms with E-state index in [9.17, 15) is 30.7 Å². The van der Waals surface area contributed by atoms with E-state index in [1.807, 2.05) is 0 Å². The van der Waals surface area contributed by atoms with Crippen LogP contribution in [0.2, 0.25) is 0 Å². The second kappa shape index (κ2) is 7.26. The lowest BCUT2D eigenvalue weighted by atomic mass is 10.1. The van der Waals surface area contributed by atoms with Crippen LogP contribution >= 0.6 is 0 Å². The van der Waals surface area contributed by atoms with Crippen molar-refractivity contribution in [3.63, 3.8) is 0 Å². The van der Waals surface area contributed by atoms with Crippen LogP contribution in [-0.4, -0.2) is 0 Å². The van der Waals surface area contributed by atoms with Crippen LogP contribution in [0.25, 0.3) is 0 Å². The maximum absolute atomic E-state index is 14.6. The molecule has 0 amide bonds. The fourth-order valence-electron chi connectivity index (χ4n) is 2.52. The normalized spacial score (nSPS) is 11.9. The van der Waals surface area contributed by atoms with Gasteiger partial charge in [-0.15, -0.1) is 0 Å². The largest absolute Gasteiger partial charge is 0.422 e. The molecule has 0 fully saturated rings. The Hall–Kier alpha value is -2.48. The molecule has 0 atom stereocenters. The lowest BCUT2D eigenvalue weighted by molar-refractivity contribution is -0.143. The monoisotopic (exact) mass is 403 g/mol. The predicted octanol–water partition coefficient (Wildman–Crippen LogP) is 6.36. The second-order valence-corrected chi connectivity index (χ2v) is 7.35. The molecule has 0 aliphatic rings. The highest BCUT2D eigenvalue weighted by atomic mass is 32.2. The molecule has 0 aliphatic heterocycles. The molecule has 0 heterocycles. The van der Waals surface area contributed by atoms with Gasteiger partial charge in [0.1, 0.15) is 16.5 Å². The highest BCUT2D eigenvalue weighted by molar-refractivity contribution is 7.97. The third-order valence-corrected chi connectivity index (χ3v) is 5.92. The van der Waals surface area contributed by atoms with Gasteiger partial charge in [0, 0.05) is 0 Å². The van der Waals surface area contributed by atoms with Gasteiger partial charge in [-0.3, -0.25) is 0 Å². The fraction of sp³-hybridized carbons (Fsp3) is 0.0526. The summed E-state index contributed by atoms with van der Waals surface area (Å²) in [6.07, 6.45) is -5.58. The maximum Gasteiger partial charge on any atom is 0.422 e. The van der Waals surface area contributed by atoms with Gasteiger partial charge in [-0.2, -0.15) is 22.0 Å². The number of rotatable bonds is 3. The molecule has 0 aliphatic carbocycles. The quantitative estimate of drug-likeness (QED) is 0.271. The molecule has 27 heavy (non-hydrogen) atoms. The summed E-state index contributed by atoms with van der Waals surface area (Å²) < 4.78 is 95.9. The van der Waals surface area contributed by atoms with Crippen molar-refractivity contribution in [2.24, 2.45) is 0 Å². The molecule has 0 aromatic heterocycles. The first-order valence-electron chi connectivity index (χ1n) is 7.51. The Morgan fingerprint density at radius 3 is 1.26 bits per heavy atom. The summed E-state index contributed by atoms with van der Waals surface area (Å²) in [5, 5.41) is 0. The zero-order chi connectivity index (χ0) is 19.8. The Labute approximate surface area is 152 Å². The Balaban J connectivity index is 2.35. The molecule has 0 saturated heterocycles. The Morgan fingerprint density at radius 2 is 0.926 bits per heavy atom. The molecule has 8 heteroatoms. The average molecular weight is 403 g/mol. The maximum atomic E-state index is 14.6. The van der Waals surface area contributed by atoms with Crippen molar-refractivity contribution in [2.75, 3.05) is 0 Å². The number of hydrogen-bond donors (Lipinski definition) is 0. The van der Waals surface area contributed by atoms with E-state index in [0.29, 0.717) is 9.79 Å². The summed E-state index contributed by atoms with van der Waals surface area (Å²) in [5.74, 6) is -9.03. The number of hydrogen-bond acceptors (Lipinski definition) is 0. The number of benzene rings is 3. The lowest BCUT2D eigenvalue weighted by Gasteiger charge is -2.14. The average Bonchev–Trinajstić information content (AvgIpc) is 2.64. The number of halogens is 7. The Kier molecular flexibility index (Phi) is 5.19. The second-order valence-electron chi connectivity index (χ2n) is 5.39. The summed E-state index contributed by atoms with van der Waals surface area (Å²) >= 11 is 0. The third-order valence-electron chi connectivity index (χ3n) is 3.67. The van der Waals surface area contributed by atoms with Gasteiger partial charge in [0.15, 0.2) is 21.4 Å². The highest BCUT2D eigenvalue weighted by Crippen LogP contribution is 2.41. The smallest absolute Gasteiger partial charge is 0.203 e. The summed E-state index contributed by atoms with van der Waals surface area (Å²) in [5.41, 5.74) is -2.58. The van der Waals surface area contributed by atoms with E-state index in [2.05, 4.69) is 0 Å². The van der Waals surface area contributed by atoms with Crippen molar-refractivity contribution in [1.29, 1.82) is 0 Å². The van der Waals surface area contributed by atoms with Gasteiger partial charge in [-0.25, -0.2) is 8.78 Å². The minimum absolute atomic E-state index is 0.292. The molecule has 0 nitrogen and oxygen atoms in total. The molecule has 3 aromatic carbocycles. The van der Waals surface area contributed by atoms with Gasteiger partial charge < -0.3 is 0 Å². The standard InChI is InChI=1S/C19H10F7S/c20-14-13(19(24,25)26)15(21)17(23)18(16(14)22)27(11-7-3-1-4-8-11)12-9-5-2-6-10-12/h1-10H/q+1. The molecule has 0 bridgehead atoms. The fourth-order valence-corrected chi connectivity index (χ4v) is 4.66. The first-order valence-corrected chi connectivity index (χ1v) is 8.73. The van der Waals surface area contributed by atoms with Crippen molar-refractivity contribution in [2.45, 2.75) is 20.9 Å². The van der Waals surface area contributed by atoms with E-state index in [-0.39, 0.29) is 0 Å². The SMILES string of the molecule is Fc1c(F)c(C(F)(F)F)c(F)c(F)c1[S+](c1ccccc1)c1ccccc1. The third kappa shape index (κ3) is 3.53. The molecule has 3 rings (SSSR count). The molecular weight excluding hydrogens is 393 g/mol. The molecule has 0 unspecified atom stereocenters. The molecular formula is C19H10F7S+. The van der Waals surface area contributed by atoms with Gasteiger partial charge in [0.2, 0.25) is 16.5 Å². The summed E-state index contributed by atoms with van der Waals surface area (Å²) in [4.78, 5) is -0.504. The van der Waals surface area contributed by atoms with Gasteiger partial charge in [0.05, 0.1) is 0 Å². The lowest BCUT2D eigenvalue weighted by Crippen LogP contribution is -2.19. The predicted molar refractivity (Wildman–Crippen MR) is 86.3 cm³/mol. The van der Waals surface area contributed by atoms with Crippen molar-refractivity contribution < 1.29 is 30.7 Å². The van der Waals surface area contributed by atoms with E-state index in [4.69, 9.17) is 0 Å². The van der Waals surface area contributed by atoms with Crippen LogP contribution in [0.1, 0.15) is 5.56 Å². The van der Waals surface area contributed by atoms with Crippen LogP contribution in [0.4, 0.5) is 30.7 Å². The van der Waals surface area contributed by atoms with Crippen LogP contribution in [0.3, 0.4) is 0 Å². The summed E-state index contributed by atoms with van der Waals surface area (Å²) in [6.45, 7) is 0. The molecule has 0 N–H and O–H groups in total. The number of alkyl halides is 3. The van der Waals surface area contributed by atoms with E-state index >= 15 is 0 Å². The molecule has 0 saturated carbocycles. The van der Waals surface area contributed by atoms with E-state index in [0.717, 1.165) is 0 Å². The van der Waals surface area contributed by atoms with Crippen molar-refractivity contribution in [1.82, 2.24) is 0 Å². The zero-order valence-electron chi connectivity index (χ0n) is 13.3. The van der Waals surface area contributed by atoms with Gasteiger partial charge in [0.25, 0.3) is 0 Å². The first kappa shape index (κ1) is 19.3. The Bertz CT molecular complexity index is 885. The molecule has 0 radical (unpaired) electrons. The van der Waals surface area contributed by atoms with Crippen LogP contribution in [0.5, 0.6) is 0 Å². The topological polar surface area (TPSA) is 0 Å². The minimum atomic E-state index is -5.58. The van der Waals surface area contributed by atoms with Crippen molar-refractivity contribution >= 4 is 10.9 Å². The Morgan fingerprint density at radius 1 is 0.556 bits per heavy atom. The van der Waals surface area contributed by atoms with Crippen molar-refractivity contribution in [3.8, 4) is 0 Å². The molecule has 140 valence electrons. The van der Waals surface area contributed by atoms with Gasteiger partial charge >= 0.3 is 6.18 Å². The van der Waals surface area contributed by atoms with Crippen molar-refractivity contribution in [3.05, 3.63) is 89.5 Å². The van der Waals surface area contributed by atoms with Crippen LogP contribution in [-0.2, 0) is 17.1 Å². The minimum Gasteiger partial charge on any atom is -0.203 e.